The molecule has 1 unspecified atom stereocenters. The predicted molar refractivity (Wildman–Crippen MR) is 119 cm³/mol. The molecule has 4 heterocycles. The van der Waals surface area contributed by atoms with Crippen LogP contribution in [-0.2, 0) is 24.1 Å². The molecule has 1 atom stereocenters. The molecule has 2 aliphatic heterocycles. The van der Waals surface area contributed by atoms with E-state index in [2.05, 4.69) is 20.5 Å². The van der Waals surface area contributed by atoms with Crippen molar-refractivity contribution in [3.63, 3.8) is 0 Å². The van der Waals surface area contributed by atoms with Crippen LogP contribution in [-0.4, -0.2) is 50.9 Å². The summed E-state index contributed by atoms with van der Waals surface area (Å²) in [5.41, 5.74) is 2.34. The van der Waals surface area contributed by atoms with Gasteiger partial charge in [0, 0.05) is 32.4 Å². The van der Waals surface area contributed by atoms with E-state index in [0.29, 0.717) is 31.0 Å². The summed E-state index contributed by atoms with van der Waals surface area (Å²) in [6.07, 6.45) is 6.53. The Labute approximate surface area is 200 Å². The minimum atomic E-state index is -0.822. The van der Waals surface area contributed by atoms with E-state index in [9.17, 15) is 9.18 Å². The lowest BCUT2D eigenvalue weighted by Gasteiger charge is -2.30. The highest BCUT2D eigenvalue weighted by Crippen LogP contribution is 2.26. The summed E-state index contributed by atoms with van der Waals surface area (Å²) in [6.45, 7) is 2.42. The summed E-state index contributed by atoms with van der Waals surface area (Å²) >= 11 is 5.82. The van der Waals surface area contributed by atoms with Gasteiger partial charge in [-0.2, -0.15) is 0 Å². The van der Waals surface area contributed by atoms with Gasteiger partial charge in [0.2, 0.25) is 12.3 Å². The Morgan fingerprint density at radius 3 is 2.94 bits per heavy atom. The fourth-order valence-electron chi connectivity index (χ4n) is 4.33. The summed E-state index contributed by atoms with van der Waals surface area (Å²) in [5, 5.41) is 10.5. The van der Waals surface area contributed by atoms with Gasteiger partial charge in [0.25, 0.3) is 0 Å². The maximum absolute atomic E-state index is 14.1. The highest BCUT2D eigenvalue weighted by Gasteiger charge is 2.28. The first-order valence-electron chi connectivity index (χ1n) is 11.2. The first kappa shape index (κ1) is 22.7. The summed E-state index contributed by atoms with van der Waals surface area (Å²) in [7, 11) is 0. The molecule has 5 rings (SSSR count). The van der Waals surface area contributed by atoms with Gasteiger partial charge in [0.15, 0.2) is 0 Å². The predicted octanol–water partition coefficient (Wildman–Crippen LogP) is 3.48. The lowest BCUT2D eigenvalue weighted by Crippen LogP contribution is -2.44. The number of benzene rings is 1. The topological polar surface area (TPSA) is 106 Å². The van der Waals surface area contributed by atoms with E-state index in [-0.39, 0.29) is 16.9 Å². The lowest BCUT2D eigenvalue weighted by molar-refractivity contribution is 0.0659. The number of hydrogen-bond donors (Lipinski definition) is 1. The fourth-order valence-corrected chi connectivity index (χ4v) is 4.44. The van der Waals surface area contributed by atoms with Crippen LogP contribution in [0.4, 0.5) is 9.18 Å². The zero-order valence-electron chi connectivity index (χ0n) is 18.4. The highest BCUT2D eigenvalue weighted by atomic mass is 35.5. The molecule has 0 bridgehead atoms. The van der Waals surface area contributed by atoms with Crippen molar-refractivity contribution >= 4 is 17.6 Å². The number of nitrogens with one attached hydrogen (secondary N) is 1. The van der Waals surface area contributed by atoms with E-state index < -0.39 is 11.9 Å². The number of aromatic nitrogens is 4. The maximum atomic E-state index is 14.1. The molecule has 1 fully saturated rings. The van der Waals surface area contributed by atoms with Gasteiger partial charge < -0.3 is 19.4 Å². The van der Waals surface area contributed by atoms with Crippen molar-refractivity contribution < 1.29 is 18.3 Å². The Morgan fingerprint density at radius 2 is 2.18 bits per heavy atom. The van der Waals surface area contributed by atoms with Crippen LogP contribution in [0.2, 0.25) is 5.02 Å². The number of rotatable bonds is 5. The second-order valence-electron chi connectivity index (χ2n) is 8.52. The van der Waals surface area contributed by atoms with Gasteiger partial charge in [-0.1, -0.05) is 17.7 Å². The number of amides is 2. The minimum absolute atomic E-state index is 0.0109. The van der Waals surface area contributed by atoms with Crippen LogP contribution in [0.15, 0.2) is 35.2 Å². The average molecular weight is 487 g/mol. The summed E-state index contributed by atoms with van der Waals surface area (Å²) < 4.78 is 24.9. The van der Waals surface area contributed by atoms with Gasteiger partial charge in [0.1, 0.15) is 17.7 Å². The van der Waals surface area contributed by atoms with E-state index in [1.54, 1.807) is 11.0 Å². The number of halogens is 2. The smallest absolute Gasteiger partial charge is 0.318 e. The van der Waals surface area contributed by atoms with Crippen LogP contribution in [0, 0.1) is 11.7 Å². The van der Waals surface area contributed by atoms with E-state index in [1.165, 1.54) is 12.1 Å². The maximum Gasteiger partial charge on any atom is 0.318 e. The Morgan fingerprint density at radius 1 is 1.32 bits per heavy atom. The third-order valence-corrected chi connectivity index (χ3v) is 6.57. The third-order valence-electron chi connectivity index (χ3n) is 6.26. The van der Waals surface area contributed by atoms with Gasteiger partial charge in [-0.05, 0) is 48.4 Å². The number of hydrogen-bond acceptors (Lipinski definition) is 7. The average Bonchev–Trinajstić information content (AvgIpc) is 3.39. The normalized spacial score (nSPS) is 17.3. The van der Waals surface area contributed by atoms with Gasteiger partial charge in [-0.25, -0.2) is 19.2 Å². The van der Waals surface area contributed by atoms with Gasteiger partial charge in [-0.3, -0.25) is 0 Å². The molecule has 2 amide bonds. The van der Waals surface area contributed by atoms with Crippen molar-refractivity contribution in [3.8, 4) is 0 Å². The van der Waals surface area contributed by atoms with Crippen LogP contribution < -0.4 is 5.32 Å². The molecule has 11 heteroatoms. The number of carbonyl (C=O) groups is 1. The molecule has 0 aliphatic carbocycles. The molecule has 0 radical (unpaired) electrons. The van der Waals surface area contributed by atoms with Crippen molar-refractivity contribution in [2.24, 2.45) is 5.92 Å². The monoisotopic (exact) mass is 486 g/mol. The number of carbonyl (C=O) groups excluding carboxylic acids is 1. The number of nitrogens with zero attached hydrogens (tertiary/aromatic N) is 5. The number of urea groups is 1. The molecular formula is C23H24ClFN6O3. The number of ether oxygens (including phenoxy) is 1. The van der Waals surface area contributed by atoms with Crippen molar-refractivity contribution in [1.82, 2.24) is 30.4 Å². The molecular weight excluding hydrogens is 463 g/mol. The fraction of sp³-hybridized carbons (Fsp3) is 0.435. The molecule has 2 aliphatic rings. The summed E-state index contributed by atoms with van der Waals surface area (Å²) in [6, 6.07) is 3.13. The van der Waals surface area contributed by atoms with Crippen molar-refractivity contribution in [1.29, 1.82) is 0 Å². The Hall–Kier alpha value is -3.11. The SMILES string of the molecule is O=C(NC(c1ccc(Cl)c(F)c1)c1nnco1)N1CCc2cnc(CC3CCOCC3)nc2C1. The Balaban J connectivity index is 1.30. The molecule has 3 aromatic rings. The largest absolute Gasteiger partial charge is 0.425 e. The quantitative estimate of drug-likeness (QED) is 0.588. The summed E-state index contributed by atoms with van der Waals surface area (Å²) in [4.78, 5) is 24.2. The third kappa shape index (κ3) is 5.02. The molecule has 178 valence electrons. The molecule has 2 aromatic heterocycles. The lowest BCUT2D eigenvalue weighted by atomic mass is 9.96. The van der Waals surface area contributed by atoms with Crippen molar-refractivity contribution in [2.45, 2.75) is 38.3 Å². The Kier molecular flexibility index (Phi) is 6.68. The molecule has 0 saturated carbocycles. The molecule has 34 heavy (non-hydrogen) atoms. The minimum Gasteiger partial charge on any atom is -0.425 e. The second-order valence-corrected chi connectivity index (χ2v) is 8.93. The summed E-state index contributed by atoms with van der Waals surface area (Å²) in [5.74, 6) is 0.866. The molecule has 1 aromatic carbocycles. The molecule has 0 spiro atoms. The van der Waals surface area contributed by atoms with E-state index in [1.807, 2.05) is 6.20 Å². The van der Waals surface area contributed by atoms with Gasteiger partial charge in [0.05, 0.1) is 17.3 Å². The molecule has 1 saturated heterocycles. The Bertz CT molecular complexity index is 1160. The van der Waals surface area contributed by atoms with E-state index in [0.717, 1.165) is 56.0 Å². The van der Waals surface area contributed by atoms with E-state index >= 15 is 0 Å². The van der Waals surface area contributed by atoms with Crippen molar-refractivity contribution in [3.05, 3.63) is 70.2 Å². The first-order chi connectivity index (χ1) is 16.6. The number of fused-ring (bicyclic) bond motifs is 1. The van der Waals surface area contributed by atoms with Crippen LogP contribution >= 0.6 is 11.6 Å². The first-order valence-corrected chi connectivity index (χ1v) is 11.6. The van der Waals surface area contributed by atoms with Crippen molar-refractivity contribution in [2.75, 3.05) is 19.8 Å². The van der Waals surface area contributed by atoms with Crippen LogP contribution in [0.25, 0.3) is 0 Å². The zero-order chi connectivity index (χ0) is 23.5. The van der Waals surface area contributed by atoms with Gasteiger partial charge in [-0.15, -0.1) is 10.2 Å². The van der Waals surface area contributed by atoms with Crippen LogP contribution in [0.1, 0.15) is 47.4 Å². The van der Waals surface area contributed by atoms with E-state index in [4.69, 9.17) is 25.7 Å². The van der Waals surface area contributed by atoms with Gasteiger partial charge >= 0.3 is 6.03 Å². The zero-order valence-corrected chi connectivity index (χ0v) is 19.2. The molecule has 9 nitrogen and oxygen atoms in total. The second kappa shape index (κ2) is 10.0. The molecule has 1 N–H and O–H groups in total. The standard InChI is InChI=1S/C23H24ClFN6O3/c24-17-2-1-15(10-18(17)25)21(22-30-27-13-34-22)29-23(32)31-6-3-16-11-26-20(28-19(16)12-31)9-14-4-7-33-8-5-14/h1-2,10-11,13-14,21H,3-9,12H2,(H,29,32). The van der Waals surface area contributed by atoms with Crippen LogP contribution in [0.3, 0.4) is 0 Å². The highest BCUT2D eigenvalue weighted by molar-refractivity contribution is 6.30. The van der Waals surface area contributed by atoms with Crippen LogP contribution in [0.5, 0.6) is 0 Å².